The Bertz CT molecular complexity index is 102. The lowest BCUT2D eigenvalue weighted by Gasteiger charge is -2.20. The summed E-state index contributed by atoms with van der Waals surface area (Å²) in [6.07, 6.45) is 4.24. The Morgan fingerprint density at radius 3 is 3.00 bits per heavy atom. The summed E-state index contributed by atoms with van der Waals surface area (Å²) >= 11 is 1.85. The number of hydrogen-bond donors (Lipinski definition) is 1. The van der Waals surface area contributed by atoms with Crippen LogP contribution in [0.2, 0.25) is 0 Å². The van der Waals surface area contributed by atoms with Crippen LogP contribution in [0.1, 0.15) is 12.8 Å². The predicted octanol–water partition coefficient (Wildman–Crippen LogP) is 0.857. The highest BCUT2D eigenvalue weighted by Crippen LogP contribution is 2.20. The van der Waals surface area contributed by atoms with Gasteiger partial charge in [0.1, 0.15) is 0 Å². The fraction of sp³-hybridized carbons (Fsp3) is 1.00. The lowest BCUT2D eigenvalue weighted by molar-refractivity contribution is 0.177. The van der Waals surface area contributed by atoms with E-state index in [0.29, 0.717) is 0 Å². The van der Waals surface area contributed by atoms with Crippen LogP contribution >= 0.6 is 11.8 Å². The largest absolute Gasteiger partial charge is 0.379 e. The number of nitrogens with two attached hydrogens (primary N) is 1. The van der Waals surface area contributed by atoms with Crippen LogP contribution in [-0.4, -0.2) is 30.8 Å². The van der Waals surface area contributed by atoms with E-state index >= 15 is 0 Å². The highest BCUT2D eigenvalue weighted by molar-refractivity contribution is 7.98. The predicted molar refractivity (Wildman–Crippen MR) is 45.4 cm³/mol. The Kier molecular flexibility index (Phi) is 3.01. The summed E-state index contributed by atoms with van der Waals surface area (Å²) in [5.41, 5.74) is 6.01. The van der Waals surface area contributed by atoms with Crippen molar-refractivity contribution in [2.75, 3.05) is 25.2 Å². The third kappa shape index (κ3) is 2.15. The molecule has 1 aliphatic rings. The highest BCUT2D eigenvalue weighted by Gasteiger charge is 2.29. The van der Waals surface area contributed by atoms with Gasteiger partial charge in [0.15, 0.2) is 0 Å². The van der Waals surface area contributed by atoms with Crippen molar-refractivity contribution in [3.63, 3.8) is 0 Å². The molecule has 1 rings (SSSR count). The zero-order valence-corrected chi connectivity index (χ0v) is 7.25. The van der Waals surface area contributed by atoms with E-state index in [0.717, 1.165) is 31.8 Å². The van der Waals surface area contributed by atoms with Crippen LogP contribution in [0.25, 0.3) is 0 Å². The van der Waals surface area contributed by atoms with Crippen LogP contribution in [0, 0.1) is 0 Å². The molecule has 0 saturated carbocycles. The molecule has 0 aromatic rings. The average Bonchev–Trinajstić information content (AvgIpc) is 2.33. The summed E-state index contributed by atoms with van der Waals surface area (Å²) in [5, 5.41) is 0. The van der Waals surface area contributed by atoms with Gasteiger partial charge in [-0.25, -0.2) is 0 Å². The molecule has 2 N–H and O–H groups in total. The number of ether oxygens (including phenoxy) is 1. The summed E-state index contributed by atoms with van der Waals surface area (Å²) in [7, 11) is 0. The molecule has 1 unspecified atom stereocenters. The fourth-order valence-corrected chi connectivity index (χ4v) is 1.74. The molecule has 1 atom stereocenters. The van der Waals surface area contributed by atoms with Crippen molar-refractivity contribution in [2.24, 2.45) is 5.73 Å². The second-order valence-electron chi connectivity index (χ2n) is 2.91. The Morgan fingerprint density at radius 1 is 1.70 bits per heavy atom. The average molecular weight is 161 g/mol. The number of hydrogen-bond acceptors (Lipinski definition) is 3. The summed E-state index contributed by atoms with van der Waals surface area (Å²) in [5.74, 6) is 1.15. The summed E-state index contributed by atoms with van der Waals surface area (Å²) in [4.78, 5) is 0. The molecule has 1 fully saturated rings. The van der Waals surface area contributed by atoms with Gasteiger partial charge in [0.25, 0.3) is 0 Å². The zero-order valence-electron chi connectivity index (χ0n) is 6.43. The van der Waals surface area contributed by atoms with Crippen molar-refractivity contribution in [2.45, 2.75) is 18.4 Å². The van der Waals surface area contributed by atoms with Crippen molar-refractivity contribution >= 4 is 11.8 Å². The van der Waals surface area contributed by atoms with E-state index in [1.807, 2.05) is 11.8 Å². The summed E-state index contributed by atoms with van der Waals surface area (Å²) < 4.78 is 5.22. The van der Waals surface area contributed by atoms with E-state index in [-0.39, 0.29) is 5.54 Å². The minimum Gasteiger partial charge on any atom is -0.379 e. The maximum Gasteiger partial charge on any atom is 0.0647 e. The Morgan fingerprint density at radius 2 is 2.50 bits per heavy atom. The SMILES string of the molecule is CSCCC1(N)CCOC1. The second-order valence-corrected chi connectivity index (χ2v) is 3.89. The van der Waals surface area contributed by atoms with E-state index in [9.17, 15) is 0 Å². The third-order valence-corrected chi connectivity index (χ3v) is 2.55. The smallest absolute Gasteiger partial charge is 0.0647 e. The van der Waals surface area contributed by atoms with Crippen molar-refractivity contribution in [1.82, 2.24) is 0 Å². The van der Waals surface area contributed by atoms with Gasteiger partial charge in [0, 0.05) is 12.1 Å². The molecule has 1 saturated heterocycles. The van der Waals surface area contributed by atoms with Gasteiger partial charge in [-0.15, -0.1) is 0 Å². The number of thioether (sulfide) groups is 1. The fourth-order valence-electron chi connectivity index (χ4n) is 1.13. The van der Waals surface area contributed by atoms with E-state index < -0.39 is 0 Å². The molecule has 0 aromatic heterocycles. The van der Waals surface area contributed by atoms with Crippen LogP contribution in [0.3, 0.4) is 0 Å². The first-order chi connectivity index (χ1) is 4.77. The Labute approximate surface area is 66.5 Å². The molecule has 0 spiro atoms. The van der Waals surface area contributed by atoms with Crippen molar-refractivity contribution in [3.8, 4) is 0 Å². The van der Waals surface area contributed by atoms with Crippen LogP contribution in [0.15, 0.2) is 0 Å². The van der Waals surface area contributed by atoms with Crippen LogP contribution in [0.4, 0.5) is 0 Å². The monoisotopic (exact) mass is 161 g/mol. The normalized spacial score (nSPS) is 33.0. The van der Waals surface area contributed by atoms with E-state index in [2.05, 4.69) is 6.26 Å². The molecular formula is C7H15NOS. The standard InChI is InChI=1S/C7H15NOS/c1-10-5-3-7(8)2-4-9-6-7/h2-6,8H2,1H3. The van der Waals surface area contributed by atoms with Gasteiger partial charge < -0.3 is 10.5 Å². The molecule has 60 valence electrons. The van der Waals surface area contributed by atoms with Crippen LogP contribution < -0.4 is 5.73 Å². The molecule has 2 nitrogen and oxygen atoms in total. The number of rotatable bonds is 3. The van der Waals surface area contributed by atoms with Crippen LogP contribution in [0.5, 0.6) is 0 Å². The molecule has 1 aliphatic heterocycles. The first kappa shape index (κ1) is 8.37. The highest BCUT2D eigenvalue weighted by atomic mass is 32.2. The zero-order chi connectivity index (χ0) is 7.45. The molecule has 0 aliphatic carbocycles. The first-order valence-corrected chi connectivity index (χ1v) is 5.02. The second kappa shape index (κ2) is 3.60. The van der Waals surface area contributed by atoms with Gasteiger partial charge in [0.2, 0.25) is 0 Å². The lowest BCUT2D eigenvalue weighted by atomic mass is 9.97. The minimum absolute atomic E-state index is 0.00299. The van der Waals surface area contributed by atoms with Gasteiger partial charge in [-0.1, -0.05) is 0 Å². The van der Waals surface area contributed by atoms with E-state index in [1.165, 1.54) is 0 Å². The maximum atomic E-state index is 6.01. The molecule has 0 amide bonds. The molecule has 1 heterocycles. The van der Waals surface area contributed by atoms with Gasteiger partial charge in [-0.05, 0) is 24.9 Å². The van der Waals surface area contributed by atoms with Crippen molar-refractivity contribution in [3.05, 3.63) is 0 Å². The molecule has 0 aromatic carbocycles. The third-order valence-electron chi connectivity index (χ3n) is 1.94. The summed E-state index contributed by atoms with van der Waals surface area (Å²) in [6, 6.07) is 0. The van der Waals surface area contributed by atoms with Gasteiger partial charge in [-0.2, -0.15) is 11.8 Å². The van der Waals surface area contributed by atoms with Crippen LogP contribution in [-0.2, 0) is 4.74 Å². The Hall–Kier alpha value is 0.270. The van der Waals surface area contributed by atoms with Gasteiger partial charge >= 0.3 is 0 Å². The maximum absolute atomic E-state index is 6.01. The van der Waals surface area contributed by atoms with Crippen molar-refractivity contribution in [1.29, 1.82) is 0 Å². The first-order valence-electron chi connectivity index (χ1n) is 3.62. The van der Waals surface area contributed by atoms with Crippen molar-refractivity contribution < 1.29 is 4.74 Å². The van der Waals surface area contributed by atoms with Gasteiger partial charge in [-0.3, -0.25) is 0 Å². The molecule has 0 bridgehead atoms. The summed E-state index contributed by atoms with van der Waals surface area (Å²) in [6.45, 7) is 1.61. The minimum atomic E-state index is 0.00299. The quantitative estimate of drug-likeness (QED) is 0.666. The Balaban J connectivity index is 2.22. The topological polar surface area (TPSA) is 35.2 Å². The van der Waals surface area contributed by atoms with E-state index in [1.54, 1.807) is 0 Å². The van der Waals surface area contributed by atoms with E-state index in [4.69, 9.17) is 10.5 Å². The van der Waals surface area contributed by atoms with Gasteiger partial charge in [0.05, 0.1) is 6.61 Å². The lowest BCUT2D eigenvalue weighted by Crippen LogP contribution is -2.40. The molecule has 0 radical (unpaired) electrons. The molecule has 3 heteroatoms. The molecule has 10 heavy (non-hydrogen) atoms. The molecular weight excluding hydrogens is 146 g/mol.